The SMILES string of the molecule is CC(C)CN(CCC1CCNCC1)CC(N)=O.Cl. The van der Waals surface area contributed by atoms with Gasteiger partial charge in [0.1, 0.15) is 0 Å². The summed E-state index contributed by atoms with van der Waals surface area (Å²) in [6, 6.07) is 0. The highest BCUT2D eigenvalue weighted by Crippen LogP contribution is 2.16. The number of nitrogens with zero attached hydrogens (tertiary/aromatic N) is 1. The highest BCUT2D eigenvalue weighted by atomic mass is 35.5. The second-order valence-corrected chi connectivity index (χ2v) is 5.58. The Morgan fingerprint density at radius 3 is 2.50 bits per heavy atom. The maximum Gasteiger partial charge on any atom is 0.231 e. The van der Waals surface area contributed by atoms with Gasteiger partial charge in [0.25, 0.3) is 0 Å². The average Bonchev–Trinajstić information content (AvgIpc) is 2.26. The van der Waals surface area contributed by atoms with Crippen LogP contribution < -0.4 is 11.1 Å². The van der Waals surface area contributed by atoms with Gasteiger partial charge in [-0.15, -0.1) is 12.4 Å². The Hall–Kier alpha value is -0.320. The number of hydrogen-bond donors (Lipinski definition) is 2. The quantitative estimate of drug-likeness (QED) is 0.736. The monoisotopic (exact) mass is 277 g/mol. The molecule has 0 bridgehead atoms. The van der Waals surface area contributed by atoms with Crippen molar-refractivity contribution in [1.82, 2.24) is 10.2 Å². The minimum atomic E-state index is -0.212. The molecule has 1 aliphatic heterocycles. The Bertz CT molecular complexity index is 230. The van der Waals surface area contributed by atoms with E-state index in [2.05, 4.69) is 24.1 Å². The molecule has 3 N–H and O–H groups in total. The third-order valence-corrected chi connectivity index (χ3v) is 3.32. The maximum atomic E-state index is 11.0. The van der Waals surface area contributed by atoms with Crippen LogP contribution in [0, 0.1) is 11.8 Å². The fourth-order valence-corrected chi connectivity index (χ4v) is 2.51. The molecule has 0 saturated carbocycles. The summed E-state index contributed by atoms with van der Waals surface area (Å²) >= 11 is 0. The zero-order valence-electron chi connectivity index (χ0n) is 11.7. The summed E-state index contributed by atoms with van der Waals surface area (Å²) in [5.41, 5.74) is 5.29. The number of halogens is 1. The Balaban J connectivity index is 0.00000289. The molecule has 1 rings (SSSR count). The summed E-state index contributed by atoms with van der Waals surface area (Å²) in [4.78, 5) is 13.2. The van der Waals surface area contributed by atoms with Crippen molar-refractivity contribution < 1.29 is 4.79 Å². The second kappa shape index (κ2) is 9.59. The molecule has 1 fully saturated rings. The van der Waals surface area contributed by atoms with E-state index in [-0.39, 0.29) is 18.3 Å². The first-order valence-corrected chi connectivity index (χ1v) is 6.79. The van der Waals surface area contributed by atoms with Gasteiger partial charge in [0.05, 0.1) is 6.54 Å². The molecule has 0 spiro atoms. The fraction of sp³-hybridized carbons (Fsp3) is 0.923. The van der Waals surface area contributed by atoms with Gasteiger partial charge in [-0.3, -0.25) is 9.69 Å². The second-order valence-electron chi connectivity index (χ2n) is 5.58. The summed E-state index contributed by atoms with van der Waals surface area (Å²) in [5, 5.41) is 3.38. The lowest BCUT2D eigenvalue weighted by Crippen LogP contribution is -2.38. The van der Waals surface area contributed by atoms with Crippen LogP contribution in [0.4, 0.5) is 0 Å². The Morgan fingerprint density at radius 1 is 1.39 bits per heavy atom. The summed E-state index contributed by atoms with van der Waals surface area (Å²) in [6.07, 6.45) is 3.74. The number of nitrogens with one attached hydrogen (secondary N) is 1. The third kappa shape index (κ3) is 7.90. The molecular weight excluding hydrogens is 250 g/mol. The van der Waals surface area contributed by atoms with Crippen LogP contribution in [-0.2, 0) is 4.79 Å². The molecular formula is C13H28ClN3O. The van der Waals surface area contributed by atoms with E-state index in [1.54, 1.807) is 0 Å². The van der Waals surface area contributed by atoms with Gasteiger partial charge in [-0.05, 0) is 50.7 Å². The number of nitrogens with two attached hydrogens (primary N) is 1. The molecule has 18 heavy (non-hydrogen) atoms. The molecule has 0 radical (unpaired) electrons. The molecule has 4 nitrogen and oxygen atoms in total. The minimum absolute atomic E-state index is 0. The van der Waals surface area contributed by atoms with Crippen molar-refractivity contribution in [3.63, 3.8) is 0 Å². The Kier molecular flexibility index (Phi) is 9.42. The first-order valence-electron chi connectivity index (χ1n) is 6.79. The molecule has 5 heteroatoms. The van der Waals surface area contributed by atoms with Gasteiger partial charge in [-0.1, -0.05) is 13.8 Å². The van der Waals surface area contributed by atoms with Gasteiger partial charge in [0, 0.05) is 6.54 Å². The van der Waals surface area contributed by atoms with E-state index in [1.807, 2.05) is 0 Å². The standard InChI is InChI=1S/C13H27N3O.ClH/c1-11(2)9-16(10-13(14)17)8-5-12-3-6-15-7-4-12;/h11-12,15H,3-10H2,1-2H3,(H2,14,17);1H. The van der Waals surface area contributed by atoms with Crippen LogP contribution in [0.2, 0.25) is 0 Å². The lowest BCUT2D eigenvalue weighted by Gasteiger charge is -2.27. The molecule has 0 aromatic heterocycles. The number of amides is 1. The van der Waals surface area contributed by atoms with Gasteiger partial charge in [-0.25, -0.2) is 0 Å². The van der Waals surface area contributed by atoms with Crippen molar-refractivity contribution in [3.8, 4) is 0 Å². The summed E-state index contributed by atoms with van der Waals surface area (Å²) in [5.74, 6) is 1.19. The third-order valence-electron chi connectivity index (χ3n) is 3.32. The van der Waals surface area contributed by atoms with Crippen molar-refractivity contribution >= 4 is 18.3 Å². The van der Waals surface area contributed by atoms with Crippen LogP contribution in [0.25, 0.3) is 0 Å². The predicted molar refractivity (Wildman–Crippen MR) is 77.9 cm³/mol. The van der Waals surface area contributed by atoms with Crippen LogP contribution in [-0.4, -0.2) is 43.5 Å². The van der Waals surface area contributed by atoms with E-state index < -0.39 is 0 Å². The molecule has 1 amide bonds. The van der Waals surface area contributed by atoms with Crippen LogP contribution in [0.15, 0.2) is 0 Å². The molecule has 0 aliphatic carbocycles. The number of hydrogen-bond acceptors (Lipinski definition) is 3. The topological polar surface area (TPSA) is 58.4 Å². The van der Waals surface area contributed by atoms with Gasteiger partial charge in [0.2, 0.25) is 5.91 Å². The largest absolute Gasteiger partial charge is 0.369 e. The van der Waals surface area contributed by atoms with Crippen molar-refractivity contribution in [2.45, 2.75) is 33.1 Å². The highest BCUT2D eigenvalue weighted by molar-refractivity contribution is 5.85. The van der Waals surface area contributed by atoms with Crippen molar-refractivity contribution in [2.24, 2.45) is 17.6 Å². The van der Waals surface area contributed by atoms with Crippen LogP contribution in [0.1, 0.15) is 33.1 Å². The van der Waals surface area contributed by atoms with Gasteiger partial charge in [-0.2, -0.15) is 0 Å². The molecule has 0 unspecified atom stereocenters. The molecule has 108 valence electrons. The van der Waals surface area contributed by atoms with Crippen LogP contribution >= 0.6 is 12.4 Å². The smallest absolute Gasteiger partial charge is 0.231 e. The summed E-state index contributed by atoms with van der Waals surface area (Å²) < 4.78 is 0. The lowest BCUT2D eigenvalue weighted by atomic mass is 9.94. The van der Waals surface area contributed by atoms with E-state index in [9.17, 15) is 4.79 Å². The number of carbonyl (C=O) groups is 1. The van der Waals surface area contributed by atoms with Gasteiger partial charge in [0.15, 0.2) is 0 Å². The van der Waals surface area contributed by atoms with Crippen molar-refractivity contribution in [3.05, 3.63) is 0 Å². The zero-order chi connectivity index (χ0) is 12.7. The summed E-state index contributed by atoms with van der Waals surface area (Å²) in [6.45, 7) is 9.02. The number of primary amides is 1. The van der Waals surface area contributed by atoms with Crippen molar-refractivity contribution in [1.29, 1.82) is 0 Å². The summed E-state index contributed by atoms with van der Waals surface area (Å²) in [7, 11) is 0. The normalized spacial score (nSPS) is 16.9. The first kappa shape index (κ1) is 17.7. The Labute approximate surface area is 117 Å². The van der Waals surface area contributed by atoms with E-state index >= 15 is 0 Å². The first-order chi connectivity index (χ1) is 8.08. The van der Waals surface area contributed by atoms with E-state index in [0.717, 1.165) is 32.1 Å². The number of carbonyl (C=O) groups excluding carboxylic acids is 1. The van der Waals surface area contributed by atoms with Crippen molar-refractivity contribution in [2.75, 3.05) is 32.7 Å². The molecule has 0 atom stereocenters. The van der Waals surface area contributed by atoms with Crippen LogP contribution in [0.3, 0.4) is 0 Å². The molecule has 1 aliphatic rings. The van der Waals surface area contributed by atoms with Crippen LogP contribution in [0.5, 0.6) is 0 Å². The highest BCUT2D eigenvalue weighted by Gasteiger charge is 2.16. The number of piperidine rings is 1. The van der Waals surface area contributed by atoms with Gasteiger partial charge >= 0.3 is 0 Å². The predicted octanol–water partition coefficient (Wildman–Crippen LogP) is 1.24. The Morgan fingerprint density at radius 2 is 2.00 bits per heavy atom. The number of rotatable bonds is 7. The zero-order valence-corrected chi connectivity index (χ0v) is 12.5. The fourth-order valence-electron chi connectivity index (χ4n) is 2.51. The average molecular weight is 278 g/mol. The van der Waals surface area contributed by atoms with E-state index in [1.165, 1.54) is 19.3 Å². The molecule has 1 heterocycles. The minimum Gasteiger partial charge on any atom is -0.369 e. The lowest BCUT2D eigenvalue weighted by molar-refractivity contribution is -0.119. The molecule has 0 aromatic carbocycles. The molecule has 0 aromatic rings. The van der Waals surface area contributed by atoms with E-state index in [4.69, 9.17) is 5.73 Å². The maximum absolute atomic E-state index is 11.0. The van der Waals surface area contributed by atoms with E-state index in [0.29, 0.717) is 12.5 Å². The van der Waals surface area contributed by atoms with Gasteiger partial charge < -0.3 is 11.1 Å². The molecule has 1 saturated heterocycles.